The van der Waals surface area contributed by atoms with Crippen LogP contribution in [0.3, 0.4) is 0 Å². The highest BCUT2D eigenvalue weighted by molar-refractivity contribution is 5.83. The molecule has 4 aromatic heterocycles. The van der Waals surface area contributed by atoms with Gasteiger partial charge >= 0.3 is 5.97 Å². The SMILES string of the molecule is CC(=O)C(C)Cc1ccc(-c2nc(-c3ccc(OC(C)C(C)=O)cc3O)nc(-c3ccc(OC(C)C(C)=O)cc3O)n2)c(O)c1.CCC(O)COc1ccc(-c2nc(-c3ccc(C)cc3C)nc(-c3ccc(C)cc3C)n2)c(O)c1.COC(=O)CCc1cc(C(C)(C)C)cc(-n2nc3ccccc3n2)c1O.COc1ccc(-c2nc(-c3ccccc3)nc(-c3ccccc3)n2)c(O)c1. The molecule has 4 heterocycles. The van der Waals surface area contributed by atoms with Crippen molar-refractivity contribution >= 4 is 34.4 Å². The Labute approximate surface area is 770 Å². The molecule has 0 aliphatic rings. The number of methoxy groups -OCH3 is 2. The number of aliphatic hydroxyl groups is 1. The minimum absolute atomic E-state index is 0.00200. The summed E-state index contributed by atoms with van der Waals surface area (Å²) < 4.78 is 26.7. The van der Waals surface area contributed by atoms with Gasteiger partial charge in [-0.1, -0.05) is 167 Å². The van der Waals surface area contributed by atoms with Gasteiger partial charge in [-0.2, -0.15) is 0 Å². The number of carbonyl (C=O) groups excluding carboxylic acids is 4. The highest BCUT2D eigenvalue weighted by Crippen LogP contribution is 2.42. The molecule has 682 valence electrons. The van der Waals surface area contributed by atoms with Gasteiger partial charge in [-0.3, -0.25) is 19.2 Å². The van der Waals surface area contributed by atoms with Gasteiger partial charge in [0, 0.05) is 58.9 Å². The maximum atomic E-state index is 11.8. The molecule has 0 amide bonds. The Hall–Kier alpha value is -15.7. The smallest absolute Gasteiger partial charge is 0.305 e. The molecule has 4 unspecified atom stereocenters. The van der Waals surface area contributed by atoms with Crippen molar-refractivity contribution in [1.82, 2.24) is 59.8 Å². The van der Waals surface area contributed by atoms with Crippen LogP contribution in [0.5, 0.6) is 57.5 Å². The molecule has 133 heavy (non-hydrogen) atoms. The van der Waals surface area contributed by atoms with Crippen molar-refractivity contribution < 1.29 is 78.6 Å². The molecule has 11 aromatic carbocycles. The summed E-state index contributed by atoms with van der Waals surface area (Å²) in [5.41, 5.74) is 14.0. The van der Waals surface area contributed by atoms with E-state index in [9.17, 15) is 54.9 Å². The van der Waals surface area contributed by atoms with Crippen molar-refractivity contribution in [2.75, 3.05) is 20.8 Å². The molecule has 15 rings (SSSR count). The van der Waals surface area contributed by atoms with Gasteiger partial charge in [0.2, 0.25) is 0 Å². The van der Waals surface area contributed by atoms with Crippen LogP contribution in [-0.4, -0.2) is 158 Å². The lowest BCUT2D eigenvalue weighted by Gasteiger charge is -2.22. The van der Waals surface area contributed by atoms with Crippen molar-refractivity contribution in [3.05, 3.63) is 263 Å². The average molecular weight is 1790 g/mol. The Morgan fingerprint density at radius 3 is 1.17 bits per heavy atom. The minimum atomic E-state index is -0.719. The maximum Gasteiger partial charge on any atom is 0.305 e. The number of hydrogen-bond acceptors (Lipinski definition) is 27. The first-order valence-electron chi connectivity index (χ1n) is 43.2. The third-order valence-electron chi connectivity index (χ3n) is 21.9. The molecule has 15 aromatic rings. The first-order chi connectivity index (χ1) is 63.5. The van der Waals surface area contributed by atoms with Gasteiger partial charge in [0.15, 0.2) is 76.2 Å². The van der Waals surface area contributed by atoms with E-state index in [-0.39, 0.29) is 128 Å². The van der Waals surface area contributed by atoms with Gasteiger partial charge in [0.25, 0.3) is 0 Å². The summed E-state index contributed by atoms with van der Waals surface area (Å²) in [7, 11) is 2.91. The van der Waals surface area contributed by atoms with Crippen molar-refractivity contribution in [2.24, 2.45) is 5.92 Å². The number of aromatic nitrogens is 12. The van der Waals surface area contributed by atoms with Crippen LogP contribution in [0.1, 0.15) is 121 Å². The number of esters is 1. The normalized spacial score (nSPS) is 12.0. The lowest BCUT2D eigenvalue weighted by atomic mass is 9.85. The number of Topliss-reactive ketones (excluding diaryl/α,β-unsaturated/α-hetero) is 3. The van der Waals surface area contributed by atoms with Gasteiger partial charge in [0.05, 0.1) is 48.1 Å². The van der Waals surface area contributed by atoms with Crippen molar-refractivity contribution in [3.63, 3.8) is 0 Å². The monoisotopic (exact) mass is 1790 g/mol. The zero-order valence-corrected chi connectivity index (χ0v) is 76.9. The number of carbonyl (C=O) groups is 4. The van der Waals surface area contributed by atoms with Crippen molar-refractivity contribution in [3.8, 4) is 166 Å². The van der Waals surface area contributed by atoms with Crippen LogP contribution in [0, 0.1) is 33.6 Å². The number of rotatable bonds is 27. The number of nitrogens with zero attached hydrogens (tertiary/aromatic N) is 12. The molecule has 28 nitrogen and oxygen atoms in total. The molecule has 0 aliphatic carbocycles. The molecule has 0 spiro atoms. The second-order valence-corrected chi connectivity index (χ2v) is 33.2. The van der Waals surface area contributed by atoms with Gasteiger partial charge in [-0.05, 0) is 194 Å². The highest BCUT2D eigenvalue weighted by atomic mass is 16.5. The lowest BCUT2D eigenvalue weighted by Crippen LogP contribution is -2.20. The third kappa shape index (κ3) is 24.6. The number of ether oxygens (including phenoxy) is 5. The maximum absolute atomic E-state index is 11.8. The Morgan fingerprint density at radius 2 is 0.782 bits per heavy atom. The van der Waals surface area contributed by atoms with E-state index in [1.165, 1.54) is 69.1 Å². The molecule has 0 fully saturated rings. The highest BCUT2D eigenvalue weighted by Gasteiger charge is 2.27. The molecule has 7 N–H and O–H groups in total. The summed E-state index contributed by atoms with van der Waals surface area (Å²) in [5.74, 6) is 3.29. The number of phenolic OH excluding ortho intramolecular Hbond substituents is 6. The van der Waals surface area contributed by atoms with E-state index in [1.54, 1.807) is 75.6 Å². The quantitative estimate of drug-likeness (QED) is 0.0235. The predicted octanol–water partition coefficient (Wildman–Crippen LogP) is 19.5. The Kier molecular flexibility index (Phi) is 31.3. The fraction of sp³-hybridized carbons (Fsp3) is 0.248. The van der Waals surface area contributed by atoms with Gasteiger partial charge in [-0.25, -0.2) is 44.9 Å². The number of ketones is 3. The summed E-state index contributed by atoms with van der Waals surface area (Å²) in [6.45, 7) is 25.8. The number of aryl methyl sites for hydroxylation is 5. The number of phenols is 6. The zero-order chi connectivity index (χ0) is 95.6. The van der Waals surface area contributed by atoms with E-state index in [0.29, 0.717) is 88.1 Å². The number of aliphatic hydroxyl groups excluding tert-OH is 1. The fourth-order valence-corrected chi connectivity index (χ4v) is 13.7. The van der Waals surface area contributed by atoms with E-state index in [2.05, 4.69) is 86.9 Å². The molecular formula is C105H106N12O16. The number of fused-ring (bicyclic) bond motifs is 1. The molecule has 0 aliphatic heterocycles. The van der Waals surface area contributed by atoms with Crippen LogP contribution in [0.25, 0.3) is 119 Å². The van der Waals surface area contributed by atoms with E-state index in [1.807, 2.05) is 149 Å². The van der Waals surface area contributed by atoms with E-state index in [4.69, 9.17) is 38.6 Å². The van der Waals surface area contributed by atoms with Crippen LogP contribution in [0.2, 0.25) is 0 Å². The predicted molar refractivity (Wildman–Crippen MR) is 509 cm³/mol. The van der Waals surface area contributed by atoms with E-state index in [0.717, 1.165) is 66.7 Å². The molecule has 0 bridgehead atoms. The van der Waals surface area contributed by atoms with Crippen molar-refractivity contribution in [1.29, 1.82) is 0 Å². The second-order valence-electron chi connectivity index (χ2n) is 33.2. The molecular weight excluding hydrogens is 1690 g/mol. The standard InChI is InChI=1S/C34H35N3O8.C29H31N3O3.C22H17N3O2.C20H23N3O3/c1-17(18(2)38)13-23-7-10-26(29(41)14-23)32-35-33(27-11-8-24(15-30(27)42)44-21(5)19(3)39)37-34(36-32)28-12-9-25(16-31(28)43)45-22(6)20(4)40;1-6-21(33)16-35-22-9-12-25(26(34)15-22)29-31-27(23-10-7-17(2)13-19(23)4)30-28(32-29)24-11-8-18(3)14-20(24)5;1-27-17-12-13-18(19(26)14-17)22-24-20(15-8-4-2-5-9-15)23-21(25-22)16-10-6-3-7-11-16;1-20(2,3)14-11-13(9-10-18(24)26-4)19(25)17(12-14)23-21-15-7-5-6-8-16(15)22-23/h7-12,14-17,21-22,41-43H,13H2,1-6H3;7-15,21,33-34H,6,16H2,1-5H3;2-14,26H,1H3;5-8,11-12,25H,9-10H2,1-4H3. The number of hydrogen-bond donors (Lipinski definition) is 7. The summed E-state index contributed by atoms with van der Waals surface area (Å²) in [5, 5.41) is 83.6. The first-order valence-corrected chi connectivity index (χ1v) is 43.2. The van der Waals surface area contributed by atoms with Gasteiger partial charge < -0.3 is 59.4 Å². The second kappa shape index (κ2) is 43.1. The number of benzene rings is 11. The van der Waals surface area contributed by atoms with E-state index >= 15 is 0 Å². The summed E-state index contributed by atoms with van der Waals surface area (Å²) >= 11 is 0. The molecule has 0 saturated heterocycles. The van der Waals surface area contributed by atoms with Crippen LogP contribution >= 0.6 is 0 Å². The molecule has 28 heteroatoms. The average Bonchev–Trinajstić information content (AvgIpc) is 1.77. The lowest BCUT2D eigenvalue weighted by molar-refractivity contribution is -0.140. The largest absolute Gasteiger partial charge is 0.507 e. The summed E-state index contributed by atoms with van der Waals surface area (Å²) in [6.07, 6.45) is -0.377. The molecule has 0 radical (unpaired) electrons. The molecule has 4 atom stereocenters. The third-order valence-corrected chi connectivity index (χ3v) is 21.9. The van der Waals surface area contributed by atoms with E-state index < -0.39 is 18.3 Å². The van der Waals surface area contributed by atoms with Crippen LogP contribution in [-0.2, 0) is 42.2 Å². The topological polar surface area (TPSA) is 403 Å². The minimum Gasteiger partial charge on any atom is -0.507 e. The van der Waals surface area contributed by atoms with Crippen LogP contribution < -0.4 is 18.9 Å². The first kappa shape index (κ1) is 96.4. The molecule has 0 saturated carbocycles. The van der Waals surface area contributed by atoms with Crippen LogP contribution in [0.15, 0.2) is 224 Å². The Balaban J connectivity index is 0.000000164. The zero-order valence-electron chi connectivity index (χ0n) is 76.9. The fourth-order valence-electron chi connectivity index (χ4n) is 13.7. The van der Waals surface area contributed by atoms with Crippen LogP contribution in [0.4, 0.5) is 0 Å². The van der Waals surface area contributed by atoms with Gasteiger partial charge in [0.1, 0.15) is 86.6 Å². The van der Waals surface area contributed by atoms with Gasteiger partial charge in [-0.15, -0.1) is 15.0 Å². The Bertz CT molecular complexity index is 6370. The number of aromatic hydroxyl groups is 6. The van der Waals surface area contributed by atoms with Crippen molar-refractivity contribution in [2.45, 2.75) is 146 Å². The Morgan fingerprint density at radius 1 is 0.414 bits per heavy atom. The summed E-state index contributed by atoms with van der Waals surface area (Å²) in [6, 6.07) is 66.9. The summed E-state index contributed by atoms with van der Waals surface area (Å²) in [4.78, 5) is 89.7.